The summed E-state index contributed by atoms with van der Waals surface area (Å²) in [7, 11) is 0. The van der Waals surface area contributed by atoms with Crippen LogP contribution in [0.3, 0.4) is 0 Å². The Balaban J connectivity index is 1.53. The van der Waals surface area contributed by atoms with Gasteiger partial charge in [-0.05, 0) is 55.8 Å². The van der Waals surface area contributed by atoms with Crippen LogP contribution in [0, 0.1) is 0 Å². The molecule has 3 aromatic carbocycles. The number of benzene rings is 3. The number of carbonyl (C=O) groups is 3. The average molecular weight is 417 g/mol. The average Bonchev–Trinajstić information content (AvgIpc) is 2.78. The summed E-state index contributed by atoms with van der Waals surface area (Å²) in [5.41, 5.74) is 2.29. The van der Waals surface area contributed by atoms with E-state index >= 15 is 0 Å². The zero-order chi connectivity index (χ0) is 22.2. The molecule has 0 saturated carbocycles. The molecule has 1 amide bonds. The molecule has 0 bridgehead atoms. The molecule has 6 nitrogen and oxygen atoms in total. The summed E-state index contributed by atoms with van der Waals surface area (Å²) in [5.74, 6) is -0.588. The van der Waals surface area contributed by atoms with Gasteiger partial charge in [-0.3, -0.25) is 9.59 Å². The maximum Gasteiger partial charge on any atom is 0.338 e. The third-order valence-corrected chi connectivity index (χ3v) is 4.53. The van der Waals surface area contributed by atoms with E-state index in [4.69, 9.17) is 9.47 Å². The summed E-state index contributed by atoms with van der Waals surface area (Å²) in [4.78, 5) is 36.2. The zero-order valence-corrected chi connectivity index (χ0v) is 17.3. The Bertz CT molecular complexity index is 1060. The molecular formula is C25H23NO5. The molecule has 0 aliphatic rings. The third kappa shape index (κ3) is 6.27. The Morgan fingerprint density at radius 2 is 1.58 bits per heavy atom. The van der Waals surface area contributed by atoms with Crippen LogP contribution in [0.5, 0.6) is 5.75 Å². The summed E-state index contributed by atoms with van der Waals surface area (Å²) < 4.78 is 11.0. The van der Waals surface area contributed by atoms with Crippen LogP contribution < -0.4 is 10.1 Å². The lowest BCUT2D eigenvalue weighted by Crippen LogP contribution is -2.30. The molecule has 6 heteroatoms. The van der Waals surface area contributed by atoms with Crippen molar-refractivity contribution in [3.63, 3.8) is 0 Å². The minimum atomic E-state index is -1.01. The standard InChI is InChI=1S/C25H23NO5/c1-17(27)21-9-6-10-22(15-21)26-24(28)18(2)31-25(29)20-11-13-23(14-12-20)30-16-19-7-4-3-5-8-19/h3-15,18H,16H2,1-2H3,(H,26,28)/t18-/m0/s1. The second kappa shape index (κ2) is 10.2. The number of hydrogen-bond donors (Lipinski definition) is 1. The van der Waals surface area contributed by atoms with E-state index in [1.165, 1.54) is 13.8 Å². The molecule has 0 radical (unpaired) electrons. The lowest BCUT2D eigenvalue weighted by atomic mass is 10.1. The number of ketones is 1. The number of carbonyl (C=O) groups excluding carboxylic acids is 3. The van der Waals surface area contributed by atoms with E-state index in [2.05, 4.69) is 5.32 Å². The smallest absolute Gasteiger partial charge is 0.338 e. The van der Waals surface area contributed by atoms with E-state index < -0.39 is 18.0 Å². The second-order valence-electron chi connectivity index (χ2n) is 6.97. The first kappa shape index (κ1) is 21.8. The lowest BCUT2D eigenvalue weighted by Gasteiger charge is -2.14. The monoisotopic (exact) mass is 417 g/mol. The van der Waals surface area contributed by atoms with Crippen LogP contribution in [0.2, 0.25) is 0 Å². The van der Waals surface area contributed by atoms with Gasteiger partial charge in [0.15, 0.2) is 11.9 Å². The van der Waals surface area contributed by atoms with Crippen LogP contribution in [0.25, 0.3) is 0 Å². The van der Waals surface area contributed by atoms with Crippen molar-refractivity contribution in [3.05, 3.63) is 95.6 Å². The van der Waals surface area contributed by atoms with E-state index in [1.54, 1.807) is 48.5 Å². The van der Waals surface area contributed by atoms with Crippen molar-refractivity contribution >= 4 is 23.3 Å². The Morgan fingerprint density at radius 1 is 0.871 bits per heavy atom. The van der Waals surface area contributed by atoms with Gasteiger partial charge >= 0.3 is 5.97 Å². The quantitative estimate of drug-likeness (QED) is 0.426. The molecule has 1 atom stereocenters. The Hall–Kier alpha value is -3.93. The Morgan fingerprint density at radius 3 is 2.26 bits per heavy atom. The first-order chi connectivity index (χ1) is 14.9. The predicted molar refractivity (Wildman–Crippen MR) is 117 cm³/mol. The van der Waals surface area contributed by atoms with Crippen LogP contribution >= 0.6 is 0 Å². The maximum atomic E-state index is 12.4. The molecule has 0 unspecified atom stereocenters. The van der Waals surface area contributed by atoms with Gasteiger partial charge in [-0.25, -0.2) is 4.79 Å². The highest BCUT2D eigenvalue weighted by Crippen LogP contribution is 2.16. The minimum Gasteiger partial charge on any atom is -0.489 e. The summed E-state index contributed by atoms with van der Waals surface area (Å²) in [6, 6.07) is 22.8. The number of amides is 1. The molecule has 158 valence electrons. The maximum absolute atomic E-state index is 12.4. The molecule has 31 heavy (non-hydrogen) atoms. The number of anilines is 1. The lowest BCUT2D eigenvalue weighted by molar-refractivity contribution is -0.123. The van der Waals surface area contributed by atoms with Crippen LogP contribution in [0.15, 0.2) is 78.9 Å². The third-order valence-electron chi connectivity index (χ3n) is 4.53. The first-order valence-corrected chi connectivity index (χ1v) is 9.82. The van der Waals surface area contributed by atoms with Crippen LogP contribution in [-0.4, -0.2) is 23.8 Å². The predicted octanol–water partition coefficient (Wildman–Crippen LogP) is 4.65. The van der Waals surface area contributed by atoms with Crippen molar-refractivity contribution in [2.75, 3.05) is 5.32 Å². The molecular weight excluding hydrogens is 394 g/mol. The highest BCUT2D eigenvalue weighted by molar-refractivity contribution is 5.99. The van der Waals surface area contributed by atoms with Gasteiger partial charge in [-0.2, -0.15) is 0 Å². The number of rotatable bonds is 8. The fraction of sp³-hybridized carbons (Fsp3) is 0.160. The highest BCUT2D eigenvalue weighted by Gasteiger charge is 2.19. The molecule has 0 aliphatic heterocycles. The summed E-state index contributed by atoms with van der Waals surface area (Å²) in [6.45, 7) is 3.36. The van der Waals surface area contributed by atoms with E-state index in [0.29, 0.717) is 29.2 Å². The van der Waals surface area contributed by atoms with Crippen molar-refractivity contribution in [2.45, 2.75) is 26.6 Å². The fourth-order valence-electron chi connectivity index (χ4n) is 2.77. The first-order valence-electron chi connectivity index (χ1n) is 9.82. The van der Waals surface area contributed by atoms with Gasteiger partial charge in [0.25, 0.3) is 5.91 Å². The van der Waals surface area contributed by atoms with Crippen molar-refractivity contribution < 1.29 is 23.9 Å². The summed E-state index contributed by atoms with van der Waals surface area (Å²) in [6.07, 6.45) is -1.01. The van der Waals surface area contributed by atoms with E-state index in [1.807, 2.05) is 30.3 Å². The van der Waals surface area contributed by atoms with Gasteiger partial charge in [0.1, 0.15) is 12.4 Å². The molecule has 1 N–H and O–H groups in total. The van der Waals surface area contributed by atoms with Gasteiger partial charge < -0.3 is 14.8 Å². The van der Waals surface area contributed by atoms with Crippen LogP contribution in [0.4, 0.5) is 5.69 Å². The fourth-order valence-corrected chi connectivity index (χ4v) is 2.77. The summed E-state index contributed by atoms with van der Waals surface area (Å²) in [5, 5.41) is 2.65. The van der Waals surface area contributed by atoms with E-state index in [-0.39, 0.29) is 5.78 Å². The van der Waals surface area contributed by atoms with E-state index in [0.717, 1.165) is 5.56 Å². The SMILES string of the molecule is CC(=O)c1cccc(NC(=O)[C@H](C)OC(=O)c2ccc(OCc3ccccc3)cc2)c1. The van der Waals surface area contributed by atoms with Gasteiger partial charge in [-0.15, -0.1) is 0 Å². The van der Waals surface area contributed by atoms with E-state index in [9.17, 15) is 14.4 Å². The highest BCUT2D eigenvalue weighted by atomic mass is 16.5. The number of nitrogens with one attached hydrogen (secondary N) is 1. The van der Waals surface area contributed by atoms with Gasteiger partial charge in [0.2, 0.25) is 0 Å². The summed E-state index contributed by atoms with van der Waals surface area (Å²) >= 11 is 0. The van der Waals surface area contributed by atoms with Gasteiger partial charge in [0, 0.05) is 11.3 Å². The Kier molecular flexibility index (Phi) is 7.17. The molecule has 0 spiro atoms. The number of hydrogen-bond acceptors (Lipinski definition) is 5. The van der Waals surface area contributed by atoms with Crippen molar-refractivity contribution in [2.24, 2.45) is 0 Å². The molecule has 0 fully saturated rings. The largest absolute Gasteiger partial charge is 0.489 e. The molecule has 3 aromatic rings. The molecule has 0 aliphatic carbocycles. The number of ether oxygens (including phenoxy) is 2. The van der Waals surface area contributed by atoms with Crippen molar-refractivity contribution in [3.8, 4) is 5.75 Å². The van der Waals surface area contributed by atoms with Crippen molar-refractivity contribution in [1.82, 2.24) is 0 Å². The normalized spacial score (nSPS) is 11.3. The van der Waals surface area contributed by atoms with Crippen LogP contribution in [-0.2, 0) is 16.1 Å². The second-order valence-corrected chi connectivity index (χ2v) is 6.97. The topological polar surface area (TPSA) is 81.7 Å². The van der Waals surface area contributed by atoms with Crippen LogP contribution in [0.1, 0.15) is 40.1 Å². The van der Waals surface area contributed by atoms with Gasteiger partial charge in [0.05, 0.1) is 5.56 Å². The minimum absolute atomic E-state index is 0.105. The Labute approximate surface area is 180 Å². The molecule has 0 saturated heterocycles. The van der Waals surface area contributed by atoms with Crippen molar-refractivity contribution in [1.29, 1.82) is 0 Å². The zero-order valence-electron chi connectivity index (χ0n) is 17.3. The molecule has 0 heterocycles. The number of esters is 1. The number of Topliss-reactive ketones (excluding diaryl/α,β-unsaturated/α-hetero) is 1. The molecule has 3 rings (SSSR count). The molecule has 0 aromatic heterocycles. The van der Waals surface area contributed by atoms with Gasteiger partial charge in [-0.1, -0.05) is 42.5 Å².